The van der Waals surface area contributed by atoms with Crippen molar-refractivity contribution in [1.29, 1.82) is 0 Å². The Morgan fingerprint density at radius 1 is 1.14 bits per heavy atom. The largest absolute Gasteiger partial charge is 0.380 e. The normalized spacial score (nSPS) is 23.9. The number of hydrogen-bond donors (Lipinski definition) is 1. The molecule has 1 N–H and O–H groups in total. The molecule has 274 valence electrons. The molecule has 0 aromatic heterocycles. The van der Waals surface area contributed by atoms with Gasteiger partial charge in [-0.3, -0.25) is 4.90 Å². The molecule has 1 aliphatic carbocycles. The fraction of sp³-hybridized carbons (Fsp3) is 0.651. The first-order valence-electron chi connectivity index (χ1n) is 19.7. The third kappa shape index (κ3) is 18.1. The topological polar surface area (TPSA) is 40.1 Å². The maximum atomic E-state index is 5.72. The molecule has 0 radical (unpaired) electrons. The Kier molecular flexibility index (Phi) is 22.5. The van der Waals surface area contributed by atoms with E-state index >= 15 is 0 Å². The second-order valence-corrected chi connectivity index (χ2v) is 15.2. The highest BCUT2D eigenvalue weighted by Crippen LogP contribution is 2.33. The molecule has 0 aromatic carbocycles. The lowest BCUT2D eigenvalue weighted by Crippen LogP contribution is -2.38. The van der Waals surface area contributed by atoms with Crippen LogP contribution in [-0.4, -0.2) is 80.3 Å². The molecule has 2 heterocycles. The Labute approximate surface area is 305 Å². The molecule has 0 aromatic rings. The van der Waals surface area contributed by atoms with Gasteiger partial charge in [0.15, 0.2) is 0 Å². The van der Waals surface area contributed by atoms with Gasteiger partial charge in [0.05, 0.1) is 6.61 Å². The predicted molar refractivity (Wildman–Crippen MR) is 217 cm³/mol. The van der Waals surface area contributed by atoms with Crippen molar-refractivity contribution in [3.63, 3.8) is 0 Å². The van der Waals surface area contributed by atoms with Crippen LogP contribution in [0.15, 0.2) is 88.5 Å². The second-order valence-electron chi connectivity index (χ2n) is 14.1. The molecule has 0 bridgehead atoms. The van der Waals surface area contributed by atoms with E-state index in [9.17, 15) is 0 Å². The Balaban J connectivity index is 1.58. The molecule has 2 unspecified atom stereocenters. The van der Waals surface area contributed by atoms with Crippen LogP contribution in [0.25, 0.3) is 0 Å². The summed E-state index contributed by atoms with van der Waals surface area (Å²) in [6, 6.07) is 0.434. The molecule has 3 rings (SSSR count). The maximum Gasteiger partial charge on any atom is 0.0593 e. The summed E-state index contributed by atoms with van der Waals surface area (Å²) in [7, 11) is 0. The highest BCUT2D eigenvalue weighted by atomic mass is 32.2. The van der Waals surface area contributed by atoms with Gasteiger partial charge in [0, 0.05) is 62.2 Å². The average Bonchev–Trinajstić information content (AvgIpc) is 3.43. The van der Waals surface area contributed by atoms with Gasteiger partial charge < -0.3 is 15.1 Å². The Morgan fingerprint density at radius 2 is 2.06 bits per heavy atom. The van der Waals surface area contributed by atoms with Crippen LogP contribution in [-0.2, 0) is 4.74 Å². The van der Waals surface area contributed by atoms with Crippen molar-refractivity contribution in [2.24, 2.45) is 16.9 Å². The van der Waals surface area contributed by atoms with Crippen LogP contribution in [0.4, 0.5) is 0 Å². The van der Waals surface area contributed by atoms with Crippen molar-refractivity contribution in [1.82, 2.24) is 15.2 Å². The minimum absolute atomic E-state index is 0.434. The zero-order valence-corrected chi connectivity index (χ0v) is 32.3. The molecule has 1 saturated heterocycles. The molecule has 3 aliphatic rings. The molecule has 0 spiro atoms. The van der Waals surface area contributed by atoms with Gasteiger partial charge in [-0.1, -0.05) is 100 Å². The van der Waals surface area contributed by atoms with Crippen LogP contribution in [0.5, 0.6) is 0 Å². The summed E-state index contributed by atoms with van der Waals surface area (Å²) in [4.78, 5) is 6.89. The third-order valence-corrected chi connectivity index (χ3v) is 11.1. The van der Waals surface area contributed by atoms with E-state index in [0.29, 0.717) is 12.0 Å². The Bertz CT molecular complexity index is 1110. The van der Waals surface area contributed by atoms with Crippen molar-refractivity contribution < 1.29 is 4.74 Å². The van der Waals surface area contributed by atoms with Gasteiger partial charge >= 0.3 is 0 Å². The number of allylic oxidation sites excluding steroid dienone is 10. The van der Waals surface area contributed by atoms with E-state index in [1.54, 1.807) is 5.57 Å². The number of ether oxygens (including phenoxy) is 1. The molecule has 3 atom stereocenters. The van der Waals surface area contributed by atoms with E-state index in [0.717, 1.165) is 96.1 Å². The van der Waals surface area contributed by atoms with Crippen molar-refractivity contribution in [2.75, 3.05) is 58.2 Å². The van der Waals surface area contributed by atoms with Crippen LogP contribution in [0.3, 0.4) is 0 Å². The van der Waals surface area contributed by atoms with Crippen molar-refractivity contribution >= 4 is 18.0 Å². The smallest absolute Gasteiger partial charge is 0.0593 e. The van der Waals surface area contributed by atoms with E-state index in [1.165, 1.54) is 62.0 Å². The Morgan fingerprint density at radius 3 is 2.92 bits per heavy atom. The molecule has 0 amide bonds. The number of nitrogens with one attached hydrogen (secondary N) is 1. The van der Waals surface area contributed by atoms with E-state index in [4.69, 9.17) is 4.74 Å². The first-order valence-corrected chi connectivity index (χ1v) is 20.7. The highest BCUT2D eigenvalue weighted by molar-refractivity contribution is 8.03. The zero-order valence-electron chi connectivity index (χ0n) is 31.5. The fourth-order valence-corrected chi connectivity index (χ4v) is 7.97. The molecular weight excluding hydrogens is 621 g/mol. The van der Waals surface area contributed by atoms with Crippen LogP contribution in [0, 0.1) is 11.8 Å². The predicted octanol–water partition coefficient (Wildman–Crippen LogP) is 10.3. The van der Waals surface area contributed by atoms with Crippen LogP contribution >= 0.6 is 11.8 Å². The SMILES string of the molecule is C=CCC1/C=C/C2=C(C/C=C\C1)CN(CCCN1CCCOCC1)[C@H](/C=C\C(=C/CC)CCC(C)CCCCN/N=C\C=C\CCC)CS2. The number of thioether (sulfide) groups is 1. The van der Waals surface area contributed by atoms with Crippen LogP contribution in [0.1, 0.15) is 104 Å². The number of hydrazone groups is 1. The van der Waals surface area contributed by atoms with Crippen molar-refractivity contribution in [3.05, 3.63) is 83.4 Å². The molecule has 2 aliphatic heterocycles. The number of hydrogen-bond acceptors (Lipinski definition) is 6. The van der Waals surface area contributed by atoms with Gasteiger partial charge in [-0.15, -0.1) is 18.3 Å². The minimum atomic E-state index is 0.434. The number of nitrogens with zero attached hydrogens (tertiary/aromatic N) is 3. The lowest BCUT2D eigenvalue weighted by Gasteiger charge is -2.29. The third-order valence-electron chi connectivity index (χ3n) is 9.82. The fourth-order valence-electron chi connectivity index (χ4n) is 6.77. The molecule has 6 heteroatoms. The van der Waals surface area contributed by atoms with Crippen molar-refractivity contribution in [2.45, 2.75) is 110 Å². The van der Waals surface area contributed by atoms with E-state index in [1.807, 2.05) is 12.3 Å². The second kappa shape index (κ2) is 26.7. The van der Waals surface area contributed by atoms with Crippen molar-refractivity contribution in [3.8, 4) is 0 Å². The quantitative estimate of drug-likeness (QED) is 0.0427. The summed E-state index contributed by atoms with van der Waals surface area (Å²) < 4.78 is 5.72. The highest BCUT2D eigenvalue weighted by Gasteiger charge is 2.24. The standard InChI is InChI=1S/C43H70N4OS/c1-5-8-9-13-28-44-45-29-14-12-19-38(4)22-23-40(18-7-3)24-26-42-37-49-43-27-25-39(17-6-2)20-10-11-21-41(43)36-47(42)32-15-30-46-31-16-34-48-35-33-46/h6,9-11,13,18,24-28,38-39,42,45H,2,5,7-8,12,14-17,19-23,29-37H2,1,3-4H3/b11-10-,13-9+,26-24-,27-25+,40-18-,44-28-/t38?,39?,42-/m1/s1. The van der Waals surface area contributed by atoms with E-state index < -0.39 is 0 Å². The first kappa shape index (κ1) is 41.3. The lowest BCUT2D eigenvalue weighted by molar-refractivity contribution is 0.140. The summed E-state index contributed by atoms with van der Waals surface area (Å²) in [5.74, 6) is 2.39. The van der Waals surface area contributed by atoms with Gasteiger partial charge in [-0.05, 0) is 94.2 Å². The summed E-state index contributed by atoms with van der Waals surface area (Å²) >= 11 is 2.08. The molecule has 49 heavy (non-hydrogen) atoms. The van der Waals surface area contributed by atoms with Gasteiger partial charge in [0.1, 0.15) is 0 Å². The number of unbranched alkanes of at least 4 members (excludes halogenated alkanes) is 2. The summed E-state index contributed by atoms with van der Waals surface area (Å²) in [5, 5.41) is 4.29. The first-order chi connectivity index (χ1) is 24.1. The van der Waals surface area contributed by atoms with E-state index in [-0.39, 0.29) is 0 Å². The average molecular weight is 691 g/mol. The molecule has 5 nitrogen and oxygen atoms in total. The zero-order chi connectivity index (χ0) is 34.8. The summed E-state index contributed by atoms with van der Waals surface area (Å²) in [6.45, 7) is 19.3. The van der Waals surface area contributed by atoms with Gasteiger partial charge in [0.25, 0.3) is 0 Å². The number of rotatable bonds is 21. The van der Waals surface area contributed by atoms with Gasteiger partial charge in [-0.25, -0.2) is 0 Å². The molecular formula is C43H70N4OS. The summed E-state index contributed by atoms with van der Waals surface area (Å²) in [6.07, 6.45) is 40.5. The minimum Gasteiger partial charge on any atom is -0.380 e. The maximum absolute atomic E-state index is 5.72. The lowest BCUT2D eigenvalue weighted by atomic mass is 9.95. The van der Waals surface area contributed by atoms with E-state index in [2.05, 4.69) is 114 Å². The summed E-state index contributed by atoms with van der Waals surface area (Å²) in [5.41, 5.74) is 6.29. The monoisotopic (exact) mass is 691 g/mol. The Hall–Kier alpha value is -2.12. The van der Waals surface area contributed by atoms with Crippen LogP contribution in [0.2, 0.25) is 0 Å². The van der Waals surface area contributed by atoms with Crippen LogP contribution < -0.4 is 5.43 Å². The van der Waals surface area contributed by atoms with Gasteiger partial charge in [0.2, 0.25) is 0 Å². The van der Waals surface area contributed by atoms with Gasteiger partial charge in [-0.2, -0.15) is 5.10 Å². The molecule has 1 fully saturated rings. The molecule has 0 saturated carbocycles.